The maximum absolute atomic E-state index is 12.5. The molecule has 0 saturated carbocycles. The summed E-state index contributed by atoms with van der Waals surface area (Å²) < 4.78 is 0. The zero-order chi connectivity index (χ0) is 19.4. The summed E-state index contributed by atoms with van der Waals surface area (Å²) in [5.74, 6) is -1.11. The fourth-order valence-corrected chi connectivity index (χ4v) is 3.09. The highest BCUT2D eigenvalue weighted by atomic mass is 16.2. The van der Waals surface area contributed by atoms with Crippen molar-refractivity contribution in [3.8, 4) is 0 Å². The molecule has 140 valence electrons. The lowest BCUT2D eigenvalue weighted by atomic mass is 9.98. The first-order chi connectivity index (χ1) is 12.9. The summed E-state index contributed by atoms with van der Waals surface area (Å²) in [5.41, 5.74) is 3.36. The van der Waals surface area contributed by atoms with Crippen LogP contribution in [0.5, 0.6) is 0 Å². The lowest BCUT2D eigenvalue weighted by Gasteiger charge is -2.26. The molecule has 0 saturated heterocycles. The number of hydrogen-bond donors (Lipinski definition) is 1. The number of nitrogens with one attached hydrogen (secondary N) is 1. The summed E-state index contributed by atoms with van der Waals surface area (Å²) >= 11 is 0. The lowest BCUT2D eigenvalue weighted by molar-refractivity contribution is -0.133. The van der Waals surface area contributed by atoms with Crippen molar-refractivity contribution in [2.24, 2.45) is 0 Å². The molecule has 0 atom stereocenters. The van der Waals surface area contributed by atoms with Gasteiger partial charge in [-0.2, -0.15) is 0 Å². The third-order valence-electron chi connectivity index (χ3n) is 4.45. The van der Waals surface area contributed by atoms with Gasteiger partial charge in [0.1, 0.15) is 6.54 Å². The van der Waals surface area contributed by atoms with Gasteiger partial charge in [-0.15, -0.1) is 0 Å². The van der Waals surface area contributed by atoms with Crippen LogP contribution in [0.1, 0.15) is 27.0 Å². The second-order valence-electron chi connectivity index (χ2n) is 6.95. The minimum absolute atomic E-state index is 0.141. The van der Waals surface area contributed by atoms with Crippen LogP contribution in [0.15, 0.2) is 48.5 Å². The van der Waals surface area contributed by atoms with E-state index in [0.29, 0.717) is 17.7 Å². The first kappa shape index (κ1) is 18.8. The first-order valence-electron chi connectivity index (χ1n) is 8.86. The molecule has 0 bridgehead atoms. The van der Waals surface area contributed by atoms with E-state index in [9.17, 15) is 14.4 Å². The summed E-state index contributed by atoms with van der Waals surface area (Å²) in [5, 5.41) is 2.78. The van der Waals surface area contributed by atoms with Gasteiger partial charge in [0, 0.05) is 18.7 Å². The molecule has 0 aliphatic carbocycles. The molecule has 1 aliphatic heterocycles. The number of rotatable bonds is 6. The molecule has 1 heterocycles. The average Bonchev–Trinajstić information content (AvgIpc) is 2.64. The van der Waals surface area contributed by atoms with Crippen LogP contribution in [0.4, 0.5) is 0 Å². The van der Waals surface area contributed by atoms with Crippen molar-refractivity contribution in [1.29, 1.82) is 0 Å². The third-order valence-corrected chi connectivity index (χ3v) is 4.45. The van der Waals surface area contributed by atoms with Crippen LogP contribution in [0.25, 0.3) is 0 Å². The topological polar surface area (TPSA) is 69.7 Å². The van der Waals surface area contributed by atoms with Crippen LogP contribution in [0.3, 0.4) is 0 Å². The second kappa shape index (κ2) is 8.14. The number of fused-ring (bicyclic) bond motifs is 1. The normalized spacial score (nSPS) is 13.7. The van der Waals surface area contributed by atoms with E-state index in [1.165, 1.54) is 5.56 Å². The van der Waals surface area contributed by atoms with Gasteiger partial charge in [0.05, 0.1) is 6.42 Å². The number of hydrogen-bond acceptors (Lipinski definition) is 4. The molecule has 1 N–H and O–H groups in total. The van der Waals surface area contributed by atoms with E-state index in [1.54, 1.807) is 24.3 Å². The van der Waals surface area contributed by atoms with E-state index < -0.39 is 5.91 Å². The van der Waals surface area contributed by atoms with Gasteiger partial charge in [-0.05, 0) is 36.9 Å². The van der Waals surface area contributed by atoms with Crippen molar-refractivity contribution in [1.82, 2.24) is 15.1 Å². The molecule has 0 spiro atoms. The van der Waals surface area contributed by atoms with Crippen molar-refractivity contribution >= 4 is 17.7 Å². The predicted molar refractivity (Wildman–Crippen MR) is 102 cm³/mol. The molecular formula is C21H23N3O3. The van der Waals surface area contributed by atoms with Crippen LogP contribution >= 0.6 is 0 Å². The number of carbonyl (C=O) groups excluding carboxylic acids is 3. The summed E-state index contributed by atoms with van der Waals surface area (Å²) in [6.45, 7) is 0.950. The Morgan fingerprint density at radius 1 is 1.04 bits per heavy atom. The molecule has 2 aromatic carbocycles. The second-order valence-corrected chi connectivity index (χ2v) is 6.95. The molecule has 0 fully saturated rings. The summed E-state index contributed by atoms with van der Waals surface area (Å²) in [7, 11) is 4.02. The molecule has 0 radical (unpaired) electrons. The number of nitrogens with zero attached hydrogens (tertiary/aromatic N) is 2. The zero-order valence-corrected chi connectivity index (χ0v) is 15.6. The molecule has 6 heteroatoms. The van der Waals surface area contributed by atoms with Gasteiger partial charge in [-0.3, -0.25) is 19.3 Å². The highest BCUT2D eigenvalue weighted by Gasteiger charge is 2.31. The van der Waals surface area contributed by atoms with Crippen LogP contribution in [-0.2, 0) is 29.1 Å². The SMILES string of the molecule is CN(C)Cc1ccc(CNC(=O)CN2C(=O)Cc3ccccc3C2=O)cc1. The lowest BCUT2D eigenvalue weighted by Crippen LogP contribution is -2.47. The highest BCUT2D eigenvalue weighted by Crippen LogP contribution is 2.19. The third kappa shape index (κ3) is 4.60. The monoisotopic (exact) mass is 365 g/mol. The van der Waals surface area contributed by atoms with Gasteiger partial charge in [0.25, 0.3) is 5.91 Å². The van der Waals surface area contributed by atoms with Crippen molar-refractivity contribution in [2.45, 2.75) is 19.5 Å². The molecule has 0 unspecified atom stereocenters. The van der Waals surface area contributed by atoms with Gasteiger partial charge in [-0.1, -0.05) is 42.5 Å². The first-order valence-corrected chi connectivity index (χ1v) is 8.86. The Balaban J connectivity index is 1.56. The standard InChI is InChI=1S/C21H23N3O3/c1-23(2)13-16-9-7-15(8-10-16)12-22-19(25)14-24-20(26)11-17-5-3-4-6-18(17)21(24)27/h3-10H,11-14H2,1-2H3,(H,22,25). The van der Waals surface area contributed by atoms with E-state index in [-0.39, 0.29) is 24.8 Å². The van der Waals surface area contributed by atoms with Crippen LogP contribution in [0, 0.1) is 0 Å². The number of amides is 3. The number of carbonyl (C=O) groups is 3. The molecule has 3 rings (SSSR count). The summed E-state index contributed by atoms with van der Waals surface area (Å²) in [4.78, 5) is 40.1. The van der Waals surface area contributed by atoms with Crippen LogP contribution < -0.4 is 5.32 Å². The summed E-state index contributed by atoms with van der Waals surface area (Å²) in [6, 6.07) is 15.0. The highest BCUT2D eigenvalue weighted by molar-refractivity contribution is 6.11. The van der Waals surface area contributed by atoms with Crippen molar-refractivity contribution in [3.63, 3.8) is 0 Å². The van der Waals surface area contributed by atoms with Crippen LogP contribution in [0.2, 0.25) is 0 Å². The molecule has 2 aromatic rings. The van der Waals surface area contributed by atoms with Gasteiger partial charge in [-0.25, -0.2) is 0 Å². The molecule has 6 nitrogen and oxygen atoms in total. The van der Waals surface area contributed by atoms with Crippen molar-refractivity contribution in [2.75, 3.05) is 20.6 Å². The number of benzene rings is 2. The van der Waals surface area contributed by atoms with Gasteiger partial charge >= 0.3 is 0 Å². The molecule has 27 heavy (non-hydrogen) atoms. The Kier molecular flexibility index (Phi) is 5.66. The molecule has 3 amide bonds. The maximum atomic E-state index is 12.5. The Morgan fingerprint density at radius 3 is 2.41 bits per heavy atom. The average molecular weight is 365 g/mol. The molecular weight excluding hydrogens is 342 g/mol. The smallest absolute Gasteiger partial charge is 0.261 e. The van der Waals surface area contributed by atoms with Crippen LogP contribution in [-0.4, -0.2) is 48.2 Å². The van der Waals surface area contributed by atoms with Gasteiger partial charge < -0.3 is 10.2 Å². The Morgan fingerprint density at radius 2 is 1.70 bits per heavy atom. The van der Waals surface area contributed by atoms with Gasteiger partial charge in [0.2, 0.25) is 11.8 Å². The molecule has 0 aromatic heterocycles. The quantitative estimate of drug-likeness (QED) is 0.790. The minimum Gasteiger partial charge on any atom is -0.350 e. The Hall–Kier alpha value is -2.99. The fourth-order valence-electron chi connectivity index (χ4n) is 3.09. The van der Waals surface area contributed by atoms with E-state index in [1.807, 2.05) is 38.4 Å². The molecule has 1 aliphatic rings. The Labute approximate surface area is 158 Å². The zero-order valence-electron chi connectivity index (χ0n) is 15.6. The van der Waals surface area contributed by atoms with E-state index in [4.69, 9.17) is 0 Å². The van der Waals surface area contributed by atoms with Gasteiger partial charge in [0.15, 0.2) is 0 Å². The number of imide groups is 1. The largest absolute Gasteiger partial charge is 0.350 e. The van der Waals surface area contributed by atoms with E-state index in [0.717, 1.165) is 17.0 Å². The van der Waals surface area contributed by atoms with Crippen molar-refractivity contribution in [3.05, 3.63) is 70.8 Å². The van der Waals surface area contributed by atoms with E-state index in [2.05, 4.69) is 10.2 Å². The van der Waals surface area contributed by atoms with Crippen molar-refractivity contribution < 1.29 is 14.4 Å². The Bertz CT molecular complexity index is 859. The maximum Gasteiger partial charge on any atom is 0.261 e. The summed E-state index contributed by atoms with van der Waals surface area (Å²) in [6.07, 6.45) is 0.141. The fraction of sp³-hybridized carbons (Fsp3) is 0.286. The van der Waals surface area contributed by atoms with E-state index >= 15 is 0 Å². The predicted octanol–water partition coefficient (Wildman–Crippen LogP) is 1.59. The minimum atomic E-state index is -0.412.